The molecule has 6 atom stereocenters. The first-order valence-electron chi connectivity index (χ1n) is 19.9. The summed E-state index contributed by atoms with van der Waals surface area (Å²) >= 11 is 1.66. The number of aliphatic hydroxyl groups is 2. The van der Waals surface area contributed by atoms with E-state index in [4.69, 9.17) is 28.9 Å². The first kappa shape index (κ1) is 42.3. The summed E-state index contributed by atoms with van der Waals surface area (Å²) in [5, 5.41) is 24.4. The lowest BCUT2D eigenvalue weighted by molar-refractivity contribution is -0.256. The Morgan fingerprint density at radius 1 is 1.04 bits per heavy atom. The molecule has 3 aliphatic rings. The van der Waals surface area contributed by atoms with E-state index in [-0.39, 0.29) is 56.4 Å². The zero-order chi connectivity index (χ0) is 40.4. The fraction of sp³-hybridized carbons (Fsp3) is 0.467. The molecule has 1 heterocycles. The molecule has 0 aromatic heterocycles. The molecule has 1 saturated carbocycles. The van der Waals surface area contributed by atoms with E-state index in [1.807, 2.05) is 49.6 Å². The second-order valence-electron chi connectivity index (χ2n) is 14.7. The van der Waals surface area contributed by atoms with Crippen LogP contribution in [-0.4, -0.2) is 78.5 Å². The highest BCUT2D eigenvalue weighted by Crippen LogP contribution is 2.62. The predicted octanol–water partition coefficient (Wildman–Crippen LogP) is 9.26. The number of hydrogen-bond acceptors (Lipinski definition) is 10. The zero-order valence-corrected chi connectivity index (χ0v) is 33.9. The van der Waals surface area contributed by atoms with Crippen molar-refractivity contribution in [2.24, 2.45) is 22.9 Å². The molecular formula is C45H55FN2O8S. The standard InChI is InChI=1S/C45H55FN2O8S/c1-5-25-53-45-41(48(44(51)52-3)29-30-13-15-32(46)16-14-30)28-39(47-54-6-2)37-26-31(11-7-9-23-49)36(12-8-10-24-50)42(43(37)45)38-27-34(19-22-40(38)56-45)55-33-17-20-35(57-4)21-18-33/h5,13-22,26-27,31,36,41-43,49-50H,1,6-12,23-25,28-29H2,2-4H3. The van der Waals surface area contributed by atoms with E-state index in [0.717, 1.165) is 41.7 Å². The SMILES string of the molecule is C=CCOC12Oc3ccc(Oc4ccc(SC)cc4)cc3C3C(CCCCO)C(CCCCO)C=C(C(=NOCC)CC1N(Cc1ccc(F)cc1)C(=O)OC)C32. The minimum Gasteiger partial charge on any atom is -0.459 e. The smallest absolute Gasteiger partial charge is 0.410 e. The Hall–Kier alpha value is -4.36. The van der Waals surface area contributed by atoms with Crippen molar-refractivity contribution >= 4 is 23.6 Å². The summed E-state index contributed by atoms with van der Waals surface area (Å²) in [6.45, 7) is 6.59. The number of benzene rings is 3. The summed E-state index contributed by atoms with van der Waals surface area (Å²) < 4.78 is 40.3. The number of rotatable bonds is 19. The van der Waals surface area contributed by atoms with Crippen LogP contribution in [0.2, 0.25) is 0 Å². The monoisotopic (exact) mass is 802 g/mol. The minimum absolute atomic E-state index is 0.0465. The van der Waals surface area contributed by atoms with Crippen molar-refractivity contribution in [3.05, 3.63) is 108 Å². The molecule has 306 valence electrons. The number of ether oxygens (including phenoxy) is 4. The first-order chi connectivity index (χ1) is 27.8. The Morgan fingerprint density at radius 3 is 2.42 bits per heavy atom. The van der Waals surface area contributed by atoms with Crippen molar-refractivity contribution in [1.29, 1.82) is 0 Å². The summed E-state index contributed by atoms with van der Waals surface area (Å²) in [4.78, 5) is 22.6. The van der Waals surface area contributed by atoms with Crippen molar-refractivity contribution in [2.75, 3.05) is 39.8 Å². The van der Waals surface area contributed by atoms with Crippen LogP contribution in [-0.2, 0) is 20.9 Å². The zero-order valence-electron chi connectivity index (χ0n) is 33.1. The molecule has 2 N–H and O–H groups in total. The van der Waals surface area contributed by atoms with Gasteiger partial charge in [-0.15, -0.1) is 18.3 Å². The molecule has 57 heavy (non-hydrogen) atoms. The minimum atomic E-state index is -1.46. The van der Waals surface area contributed by atoms with Gasteiger partial charge in [-0.25, -0.2) is 9.18 Å². The molecule has 10 nitrogen and oxygen atoms in total. The number of unbranched alkanes of at least 4 members (excludes halogenated alkanes) is 2. The fourth-order valence-corrected chi connectivity index (χ4v) is 9.25. The summed E-state index contributed by atoms with van der Waals surface area (Å²) in [5.41, 5.74) is 3.25. The third-order valence-corrected chi connectivity index (χ3v) is 12.0. The maximum Gasteiger partial charge on any atom is 0.410 e. The maximum atomic E-state index is 14.1. The lowest BCUT2D eigenvalue weighted by Crippen LogP contribution is -2.70. The lowest BCUT2D eigenvalue weighted by Gasteiger charge is -2.59. The average Bonchev–Trinajstić information content (AvgIpc) is 3.23. The molecule has 3 aromatic rings. The third-order valence-electron chi connectivity index (χ3n) is 11.3. The second-order valence-corrected chi connectivity index (χ2v) is 15.6. The normalized spacial score (nSPS) is 24.1. The molecular weight excluding hydrogens is 748 g/mol. The van der Waals surface area contributed by atoms with Crippen LogP contribution in [0.4, 0.5) is 9.18 Å². The number of allylic oxidation sites excluding steroid dienone is 1. The van der Waals surface area contributed by atoms with E-state index in [9.17, 15) is 19.4 Å². The summed E-state index contributed by atoms with van der Waals surface area (Å²) in [7, 11) is 1.34. The Labute approximate surface area is 339 Å². The molecule has 0 radical (unpaired) electrons. The molecule has 6 unspecified atom stereocenters. The third kappa shape index (κ3) is 9.35. The molecule has 0 spiro atoms. The van der Waals surface area contributed by atoms with Gasteiger partial charge in [0.15, 0.2) is 0 Å². The van der Waals surface area contributed by atoms with E-state index in [0.29, 0.717) is 48.0 Å². The van der Waals surface area contributed by atoms with E-state index < -0.39 is 23.8 Å². The van der Waals surface area contributed by atoms with Crippen LogP contribution >= 0.6 is 11.8 Å². The highest BCUT2D eigenvalue weighted by Gasteiger charge is 2.65. The number of thioether (sulfide) groups is 1. The number of fused-ring (bicyclic) bond motifs is 2. The molecule has 1 fully saturated rings. The van der Waals surface area contributed by atoms with Gasteiger partial charge in [0.25, 0.3) is 0 Å². The predicted molar refractivity (Wildman–Crippen MR) is 219 cm³/mol. The van der Waals surface area contributed by atoms with Gasteiger partial charge in [-0.2, -0.15) is 0 Å². The van der Waals surface area contributed by atoms with Crippen molar-refractivity contribution in [1.82, 2.24) is 4.90 Å². The van der Waals surface area contributed by atoms with Crippen molar-refractivity contribution < 1.29 is 43.2 Å². The van der Waals surface area contributed by atoms with Crippen LogP contribution in [0.3, 0.4) is 0 Å². The number of aliphatic hydroxyl groups excluding tert-OH is 2. The quantitative estimate of drug-likeness (QED) is 0.0529. The molecule has 2 aliphatic carbocycles. The van der Waals surface area contributed by atoms with Gasteiger partial charge in [0, 0.05) is 42.6 Å². The number of halogens is 1. The van der Waals surface area contributed by atoms with Gasteiger partial charge >= 0.3 is 6.09 Å². The van der Waals surface area contributed by atoms with Gasteiger partial charge in [-0.3, -0.25) is 4.90 Å². The average molecular weight is 803 g/mol. The number of methoxy groups -OCH3 is 1. The summed E-state index contributed by atoms with van der Waals surface area (Å²) in [6.07, 6.45) is 10.2. The van der Waals surface area contributed by atoms with Crippen LogP contribution in [0, 0.1) is 23.6 Å². The number of nitrogens with zero attached hydrogens (tertiary/aromatic N) is 2. The van der Waals surface area contributed by atoms with E-state index in [1.54, 1.807) is 34.9 Å². The van der Waals surface area contributed by atoms with Crippen LogP contribution < -0.4 is 9.47 Å². The van der Waals surface area contributed by atoms with E-state index >= 15 is 0 Å². The van der Waals surface area contributed by atoms with Crippen LogP contribution in [0.1, 0.15) is 68.9 Å². The van der Waals surface area contributed by atoms with E-state index in [1.165, 1.54) is 19.2 Å². The molecule has 1 aliphatic heterocycles. The van der Waals surface area contributed by atoms with Gasteiger partial charge in [0.05, 0.1) is 25.3 Å². The van der Waals surface area contributed by atoms with Gasteiger partial charge in [0.2, 0.25) is 5.79 Å². The van der Waals surface area contributed by atoms with Crippen LogP contribution in [0.15, 0.2) is 101 Å². The first-order valence-corrected chi connectivity index (χ1v) is 21.1. The van der Waals surface area contributed by atoms with Crippen molar-refractivity contribution in [3.8, 4) is 17.2 Å². The summed E-state index contributed by atoms with van der Waals surface area (Å²) in [5.74, 6) is -0.468. The fourth-order valence-electron chi connectivity index (χ4n) is 8.84. The van der Waals surface area contributed by atoms with E-state index in [2.05, 4.69) is 18.7 Å². The number of carbonyl (C=O) groups excluding carboxylic acids is 1. The molecule has 1 amide bonds. The Kier molecular flexibility index (Phi) is 14.7. The largest absolute Gasteiger partial charge is 0.459 e. The van der Waals surface area contributed by atoms with Crippen LogP contribution in [0.25, 0.3) is 0 Å². The molecule has 12 heteroatoms. The summed E-state index contributed by atoms with van der Waals surface area (Å²) in [6, 6.07) is 19.1. The van der Waals surface area contributed by atoms with Gasteiger partial charge in [-0.05, 0) is 116 Å². The number of oxime groups is 1. The Morgan fingerprint density at radius 2 is 1.75 bits per heavy atom. The van der Waals surface area contributed by atoms with Gasteiger partial charge in [-0.1, -0.05) is 42.3 Å². The molecule has 0 bridgehead atoms. The molecule has 0 saturated heterocycles. The molecule has 6 rings (SSSR count). The Balaban J connectivity index is 1.58. The molecule has 3 aromatic carbocycles. The Bertz CT molecular complexity index is 1870. The topological polar surface area (TPSA) is 119 Å². The second kappa shape index (κ2) is 19.9. The number of amides is 1. The highest BCUT2D eigenvalue weighted by atomic mass is 32.2. The van der Waals surface area contributed by atoms with Gasteiger partial charge < -0.3 is 34.0 Å². The lowest BCUT2D eigenvalue weighted by atomic mass is 9.55. The highest BCUT2D eigenvalue weighted by molar-refractivity contribution is 7.98. The van der Waals surface area contributed by atoms with Crippen molar-refractivity contribution in [3.63, 3.8) is 0 Å². The van der Waals surface area contributed by atoms with Gasteiger partial charge in [0.1, 0.15) is 35.7 Å². The number of hydrogen-bond donors (Lipinski definition) is 2. The van der Waals surface area contributed by atoms with Crippen molar-refractivity contribution in [2.45, 2.75) is 81.1 Å². The van der Waals surface area contributed by atoms with Crippen LogP contribution in [0.5, 0.6) is 17.2 Å². The number of carbonyl (C=O) groups is 1. The maximum absolute atomic E-state index is 14.1.